The Labute approximate surface area is 178 Å². The Kier molecular flexibility index (Phi) is 9.85. The van der Waals surface area contributed by atoms with Crippen molar-refractivity contribution in [2.75, 3.05) is 0 Å². The lowest BCUT2D eigenvalue weighted by Crippen LogP contribution is -2.50. The third-order valence-corrected chi connectivity index (χ3v) is 8.18. The largest absolute Gasteiger partial charge is 0.309 e. The van der Waals surface area contributed by atoms with Gasteiger partial charge >= 0.3 is 0 Å². The van der Waals surface area contributed by atoms with Crippen LogP contribution in [0.15, 0.2) is 0 Å². The third kappa shape index (κ3) is 7.33. The highest BCUT2D eigenvalue weighted by Gasteiger charge is 2.49. The maximum Gasteiger partial charge on any atom is 0.0127 e. The molecule has 2 aliphatic carbocycles. The Morgan fingerprint density at radius 2 is 1.18 bits per heavy atom. The molecule has 0 spiro atoms. The van der Waals surface area contributed by atoms with Crippen LogP contribution in [0.5, 0.6) is 0 Å². The summed E-state index contributed by atoms with van der Waals surface area (Å²) in [5.74, 6) is 2.96. The van der Waals surface area contributed by atoms with Crippen molar-refractivity contribution in [1.82, 2.24) is 5.32 Å². The minimum Gasteiger partial charge on any atom is -0.309 e. The van der Waals surface area contributed by atoms with E-state index in [2.05, 4.69) is 46.9 Å². The van der Waals surface area contributed by atoms with Gasteiger partial charge < -0.3 is 5.32 Å². The summed E-state index contributed by atoms with van der Waals surface area (Å²) in [5.41, 5.74) is 0.873. The first-order valence-electron chi connectivity index (χ1n) is 13.1. The zero-order valence-corrected chi connectivity index (χ0v) is 20.4. The van der Waals surface area contributed by atoms with E-state index in [1.165, 1.54) is 96.3 Å². The first kappa shape index (κ1) is 24.2. The molecule has 0 aromatic carbocycles. The van der Waals surface area contributed by atoms with Gasteiger partial charge in [0.1, 0.15) is 0 Å². The summed E-state index contributed by atoms with van der Waals surface area (Å²) < 4.78 is 0. The number of hydrogen-bond acceptors (Lipinski definition) is 1. The first-order valence-corrected chi connectivity index (χ1v) is 13.1. The summed E-state index contributed by atoms with van der Waals surface area (Å²) in [5, 5.41) is 4.12. The fourth-order valence-corrected chi connectivity index (χ4v) is 6.89. The van der Waals surface area contributed by atoms with Crippen molar-refractivity contribution in [1.29, 1.82) is 0 Å². The van der Waals surface area contributed by atoms with E-state index in [4.69, 9.17) is 0 Å². The molecule has 0 aromatic rings. The molecule has 2 rings (SSSR count). The molecule has 0 amide bonds. The lowest BCUT2D eigenvalue weighted by molar-refractivity contribution is 0.0512. The Balaban J connectivity index is 1.80. The summed E-state index contributed by atoms with van der Waals surface area (Å²) >= 11 is 0. The van der Waals surface area contributed by atoms with Crippen LogP contribution < -0.4 is 5.32 Å². The van der Waals surface area contributed by atoms with Gasteiger partial charge in [0.05, 0.1) is 0 Å². The van der Waals surface area contributed by atoms with E-state index in [1.54, 1.807) is 0 Å². The number of nitrogens with one attached hydrogen (secondary N) is 1. The molecule has 2 aliphatic rings. The van der Waals surface area contributed by atoms with Gasteiger partial charge in [-0.25, -0.2) is 0 Å². The third-order valence-electron chi connectivity index (χ3n) is 8.18. The number of rotatable bonds is 14. The lowest BCUT2D eigenvalue weighted by atomic mass is 9.62. The average Bonchev–Trinajstić information content (AvgIpc) is 2.91. The second kappa shape index (κ2) is 11.4. The quantitative estimate of drug-likeness (QED) is 0.292. The van der Waals surface area contributed by atoms with Crippen LogP contribution in [0.3, 0.4) is 0 Å². The summed E-state index contributed by atoms with van der Waals surface area (Å²) in [4.78, 5) is 0. The Morgan fingerprint density at radius 1 is 0.679 bits per heavy atom. The number of unbranched alkanes of at least 4 members (excludes halogenated alkanes) is 7. The van der Waals surface area contributed by atoms with Crippen molar-refractivity contribution in [2.45, 2.75) is 149 Å². The van der Waals surface area contributed by atoms with Crippen molar-refractivity contribution >= 4 is 0 Å². The first-order chi connectivity index (χ1) is 13.3. The molecule has 2 atom stereocenters. The number of hydrogen-bond donors (Lipinski definition) is 1. The number of fused-ring (bicyclic) bond motifs is 2. The molecule has 1 heteroatoms. The van der Waals surface area contributed by atoms with Gasteiger partial charge in [0, 0.05) is 11.6 Å². The predicted octanol–water partition coefficient (Wildman–Crippen LogP) is 8.52. The van der Waals surface area contributed by atoms with Crippen LogP contribution in [0, 0.1) is 23.2 Å². The van der Waals surface area contributed by atoms with E-state index in [9.17, 15) is 0 Å². The molecule has 28 heavy (non-hydrogen) atoms. The molecule has 0 aliphatic heterocycles. The van der Waals surface area contributed by atoms with Crippen molar-refractivity contribution in [2.24, 2.45) is 23.2 Å². The van der Waals surface area contributed by atoms with Crippen LogP contribution in [0.1, 0.15) is 138 Å². The SMILES string of the molecule is CCCCCCCC(C)(C)NC1CC2CCC(C1)C2C(C)(C)CCCCCC. The van der Waals surface area contributed by atoms with Gasteiger partial charge in [0.2, 0.25) is 0 Å². The van der Waals surface area contributed by atoms with E-state index in [0.29, 0.717) is 11.0 Å². The van der Waals surface area contributed by atoms with Gasteiger partial charge in [0.15, 0.2) is 0 Å². The lowest BCUT2D eigenvalue weighted by Gasteiger charge is -2.46. The molecule has 1 nitrogen and oxygen atoms in total. The maximum atomic E-state index is 4.12. The van der Waals surface area contributed by atoms with E-state index in [0.717, 1.165) is 23.8 Å². The van der Waals surface area contributed by atoms with E-state index in [-0.39, 0.29) is 0 Å². The second-order valence-corrected chi connectivity index (χ2v) is 11.8. The second-order valence-electron chi connectivity index (χ2n) is 11.8. The minimum atomic E-state index is 0.318. The monoisotopic (exact) mass is 391 g/mol. The van der Waals surface area contributed by atoms with Gasteiger partial charge in [-0.15, -0.1) is 0 Å². The van der Waals surface area contributed by atoms with Gasteiger partial charge in [0.25, 0.3) is 0 Å². The van der Waals surface area contributed by atoms with Crippen molar-refractivity contribution in [3.8, 4) is 0 Å². The standard InChI is InChI=1S/C27H53N/c1-7-9-11-13-15-19-27(5,6)28-24-20-22-16-17-23(21-24)25(22)26(3,4)18-14-12-10-8-2/h22-25,28H,7-21H2,1-6H3. The van der Waals surface area contributed by atoms with Crippen molar-refractivity contribution in [3.05, 3.63) is 0 Å². The topological polar surface area (TPSA) is 12.0 Å². The molecule has 0 aromatic heterocycles. The Bertz CT molecular complexity index is 410. The zero-order chi connectivity index (χ0) is 20.6. The highest BCUT2D eigenvalue weighted by atomic mass is 15.0. The Morgan fingerprint density at radius 3 is 1.75 bits per heavy atom. The average molecular weight is 392 g/mol. The van der Waals surface area contributed by atoms with Gasteiger partial charge in [-0.1, -0.05) is 85.5 Å². The molecule has 0 heterocycles. The molecule has 0 saturated heterocycles. The highest BCUT2D eigenvalue weighted by Crippen LogP contribution is 2.55. The molecule has 2 fully saturated rings. The molecule has 1 N–H and O–H groups in total. The van der Waals surface area contributed by atoms with E-state index < -0.39 is 0 Å². The molecular weight excluding hydrogens is 338 g/mol. The molecular formula is C27H53N. The van der Waals surface area contributed by atoms with Crippen LogP contribution in [0.25, 0.3) is 0 Å². The molecule has 2 bridgehead atoms. The summed E-state index contributed by atoms with van der Waals surface area (Å²) in [7, 11) is 0. The van der Waals surface area contributed by atoms with Crippen molar-refractivity contribution < 1.29 is 0 Å². The molecule has 2 unspecified atom stereocenters. The van der Waals surface area contributed by atoms with Gasteiger partial charge in [-0.2, -0.15) is 0 Å². The van der Waals surface area contributed by atoms with Crippen LogP contribution in [0.2, 0.25) is 0 Å². The zero-order valence-electron chi connectivity index (χ0n) is 20.4. The molecule has 166 valence electrons. The van der Waals surface area contributed by atoms with E-state index >= 15 is 0 Å². The summed E-state index contributed by atoms with van der Waals surface area (Å²) in [6.45, 7) is 14.7. The smallest absolute Gasteiger partial charge is 0.0127 e. The van der Waals surface area contributed by atoms with Gasteiger partial charge in [-0.3, -0.25) is 0 Å². The van der Waals surface area contributed by atoms with Crippen LogP contribution in [-0.4, -0.2) is 11.6 Å². The predicted molar refractivity (Wildman–Crippen MR) is 126 cm³/mol. The fraction of sp³-hybridized carbons (Fsp3) is 1.00. The van der Waals surface area contributed by atoms with E-state index in [1.807, 2.05) is 0 Å². The molecule has 2 saturated carbocycles. The summed E-state index contributed by atoms with van der Waals surface area (Å²) in [6.07, 6.45) is 21.4. The van der Waals surface area contributed by atoms with Crippen LogP contribution in [-0.2, 0) is 0 Å². The molecule has 0 radical (unpaired) electrons. The normalized spacial score (nSPS) is 28.1. The maximum absolute atomic E-state index is 4.12. The Hall–Kier alpha value is -0.0400. The summed E-state index contributed by atoms with van der Waals surface area (Å²) in [6, 6.07) is 0.773. The van der Waals surface area contributed by atoms with Crippen LogP contribution in [0.4, 0.5) is 0 Å². The fourth-order valence-electron chi connectivity index (χ4n) is 6.89. The van der Waals surface area contributed by atoms with Crippen molar-refractivity contribution in [3.63, 3.8) is 0 Å². The van der Waals surface area contributed by atoms with Gasteiger partial charge in [-0.05, 0) is 75.5 Å². The van der Waals surface area contributed by atoms with Crippen LogP contribution >= 0.6 is 0 Å². The highest BCUT2D eigenvalue weighted by molar-refractivity contribution is 5.01. The minimum absolute atomic E-state index is 0.318.